The van der Waals surface area contributed by atoms with E-state index in [1.807, 2.05) is 19.1 Å². The maximum Gasteiger partial charge on any atom is 0.255 e. The van der Waals surface area contributed by atoms with Gasteiger partial charge < -0.3 is 20.1 Å². The highest BCUT2D eigenvalue weighted by atomic mass is 16.5. The maximum atomic E-state index is 12.4. The minimum atomic E-state index is -0.250. The predicted molar refractivity (Wildman–Crippen MR) is 96.3 cm³/mol. The normalized spacial score (nSPS) is 10.0. The van der Waals surface area contributed by atoms with Crippen molar-refractivity contribution in [2.75, 3.05) is 26.1 Å². The minimum Gasteiger partial charge on any atom is -0.493 e. The molecular weight excluding hydrogens is 320 g/mol. The number of anilines is 1. The van der Waals surface area contributed by atoms with E-state index in [-0.39, 0.29) is 11.8 Å². The van der Waals surface area contributed by atoms with Gasteiger partial charge in [-0.3, -0.25) is 9.59 Å². The van der Waals surface area contributed by atoms with E-state index in [2.05, 4.69) is 10.6 Å². The fourth-order valence-electron chi connectivity index (χ4n) is 2.27. The lowest BCUT2D eigenvalue weighted by molar-refractivity contribution is -0.119. The second-order valence-corrected chi connectivity index (χ2v) is 5.30. The summed E-state index contributed by atoms with van der Waals surface area (Å²) in [5.74, 6) is 0.800. The third-order valence-electron chi connectivity index (χ3n) is 3.58. The quantitative estimate of drug-likeness (QED) is 0.811. The Hall–Kier alpha value is -3.02. The molecule has 0 aromatic heterocycles. The summed E-state index contributed by atoms with van der Waals surface area (Å²) in [7, 11) is 3.13. The molecule has 0 aliphatic carbocycles. The van der Waals surface area contributed by atoms with Crippen molar-refractivity contribution in [1.29, 1.82) is 0 Å². The van der Waals surface area contributed by atoms with Crippen LogP contribution in [0.15, 0.2) is 42.5 Å². The summed E-state index contributed by atoms with van der Waals surface area (Å²) in [5.41, 5.74) is 1.99. The number of rotatable bonds is 7. The molecule has 0 heterocycles. The number of nitrogens with one attached hydrogen (secondary N) is 2. The van der Waals surface area contributed by atoms with E-state index in [0.29, 0.717) is 35.8 Å². The Morgan fingerprint density at radius 3 is 2.36 bits per heavy atom. The average molecular weight is 342 g/mol. The van der Waals surface area contributed by atoms with E-state index in [1.54, 1.807) is 37.4 Å². The molecule has 0 aliphatic heterocycles. The summed E-state index contributed by atoms with van der Waals surface area (Å²) in [6, 6.07) is 12.2. The molecule has 0 bridgehead atoms. The number of hydrogen-bond acceptors (Lipinski definition) is 4. The molecule has 132 valence electrons. The highest BCUT2D eigenvalue weighted by Crippen LogP contribution is 2.28. The fourth-order valence-corrected chi connectivity index (χ4v) is 2.27. The van der Waals surface area contributed by atoms with E-state index < -0.39 is 0 Å². The highest BCUT2D eigenvalue weighted by Gasteiger charge is 2.11. The van der Waals surface area contributed by atoms with Crippen LogP contribution in [-0.2, 0) is 11.2 Å². The van der Waals surface area contributed by atoms with Crippen LogP contribution in [0, 0.1) is 0 Å². The van der Waals surface area contributed by atoms with Crippen molar-refractivity contribution in [3.8, 4) is 11.5 Å². The van der Waals surface area contributed by atoms with Crippen LogP contribution in [0.25, 0.3) is 0 Å². The largest absolute Gasteiger partial charge is 0.493 e. The van der Waals surface area contributed by atoms with E-state index in [9.17, 15) is 9.59 Å². The zero-order valence-electron chi connectivity index (χ0n) is 14.6. The zero-order chi connectivity index (χ0) is 18.2. The topological polar surface area (TPSA) is 76.7 Å². The van der Waals surface area contributed by atoms with E-state index >= 15 is 0 Å². The third-order valence-corrected chi connectivity index (χ3v) is 3.58. The first kappa shape index (κ1) is 18.3. The standard InChI is InChI=1S/C19H22N2O4/c1-4-25-16-10-7-14(12-17(16)24-3)19(23)21-15-8-5-13(6-9-15)11-18(22)20-2/h5-10,12H,4,11H2,1-3H3,(H,20,22)(H,21,23). The molecule has 0 spiro atoms. The van der Waals surface area contributed by atoms with Crippen LogP contribution >= 0.6 is 0 Å². The smallest absolute Gasteiger partial charge is 0.255 e. The van der Waals surface area contributed by atoms with Gasteiger partial charge in [0.05, 0.1) is 20.1 Å². The lowest BCUT2D eigenvalue weighted by Crippen LogP contribution is -2.19. The third kappa shape index (κ3) is 4.97. The Labute approximate surface area is 147 Å². The lowest BCUT2D eigenvalue weighted by Gasteiger charge is -2.11. The van der Waals surface area contributed by atoms with Crippen molar-refractivity contribution in [1.82, 2.24) is 5.32 Å². The Morgan fingerprint density at radius 2 is 1.76 bits per heavy atom. The summed E-state index contributed by atoms with van der Waals surface area (Å²) < 4.78 is 10.7. The number of hydrogen-bond donors (Lipinski definition) is 2. The summed E-state index contributed by atoms with van der Waals surface area (Å²) >= 11 is 0. The van der Waals surface area contributed by atoms with Gasteiger partial charge in [-0.05, 0) is 42.8 Å². The van der Waals surface area contributed by atoms with Crippen molar-refractivity contribution in [3.63, 3.8) is 0 Å². The molecule has 2 aromatic carbocycles. The molecular formula is C19H22N2O4. The SMILES string of the molecule is CCOc1ccc(C(=O)Nc2ccc(CC(=O)NC)cc2)cc1OC. The number of methoxy groups -OCH3 is 1. The summed E-state index contributed by atoms with van der Waals surface area (Å²) in [5, 5.41) is 5.39. The zero-order valence-corrected chi connectivity index (χ0v) is 14.6. The van der Waals surface area contributed by atoms with Crippen molar-refractivity contribution in [3.05, 3.63) is 53.6 Å². The number of ether oxygens (including phenoxy) is 2. The summed E-state index contributed by atoms with van der Waals surface area (Å²) in [6.45, 7) is 2.40. The molecule has 2 amide bonds. The van der Waals surface area contributed by atoms with Gasteiger partial charge in [0.1, 0.15) is 0 Å². The highest BCUT2D eigenvalue weighted by molar-refractivity contribution is 6.04. The van der Waals surface area contributed by atoms with Crippen molar-refractivity contribution >= 4 is 17.5 Å². The van der Waals surface area contributed by atoms with E-state index in [0.717, 1.165) is 5.56 Å². The predicted octanol–water partition coefficient (Wildman–Crippen LogP) is 2.63. The molecule has 0 fully saturated rings. The second-order valence-electron chi connectivity index (χ2n) is 5.30. The van der Waals surface area contributed by atoms with Gasteiger partial charge in [0.15, 0.2) is 11.5 Å². The van der Waals surface area contributed by atoms with Crippen LogP contribution in [0.5, 0.6) is 11.5 Å². The number of benzene rings is 2. The van der Waals surface area contributed by atoms with Crippen molar-refractivity contribution < 1.29 is 19.1 Å². The number of carbonyl (C=O) groups excluding carboxylic acids is 2. The van der Waals surface area contributed by atoms with Crippen LogP contribution < -0.4 is 20.1 Å². The van der Waals surface area contributed by atoms with E-state index in [4.69, 9.17) is 9.47 Å². The van der Waals surface area contributed by atoms with Gasteiger partial charge in [0, 0.05) is 18.3 Å². The summed E-state index contributed by atoms with van der Waals surface area (Å²) in [4.78, 5) is 23.7. The van der Waals surface area contributed by atoms with Gasteiger partial charge in [-0.25, -0.2) is 0 Å². The minimum absolute atomic E-state index is 0.0572. The molecule has 0 atom stereocenters. The van der Waals surface area contributed by atoms with Crippen LogP contribution in [0.4, 0.5) is 5.69 Å². The average Bonchev–Trinajstić information content (AvgIpc) is 2.63. The van der Waals surface area contributed by atoms with Gasteiger partial charge >= 0.3 is 0 Å². The molecule has 2 aromatic rings. The molecule has 25 heavy (non-hydrogen) atoms. The first-order valence-electron chi connectivity index (χ1n) is 7.99. The molecule has 0 unspecified atom stereocenters. The van der Waals surface area contributed by atoms with Gasteiger partial charge in [-0.2, -0.15) is 0 Å². The molecule has 0 aliphatic rings. The van der Waals surface area contributed by atoms with Gasteiger partial charge in [-0.1, -0.05) is 12.1 Å². The molecule has 2 N–H and O–H groups in total. The lowest BCUT2D eigenvalue weighted by atomic mass is 10.1. The Bertz CT molecular complexity index is 742. The maximum absolute atomic E-state index is 12.4. The van der Waals surface area contributed by atoms with E-state index in [1.165, 1.54) is 7.11 Å². The Morgan fingerprint density at radius 1 is 1.04 bits per heavy atom. The molecule has 6 nitrogen and oxygen atoms in total. The second kappa shape index (κ2) is 8.73. The van der Waals surface area contributed by atoms with Crippen molar-refractivity contribution in [2.45, 2.75) is 13.3 Å². The Kier molecular flexibility index (Phi) is 6.39. The van der Waals surface area contributed by atoms with Gasteiger partial charge in [0.2, 0.25) is 5.91 Å². The Balaban J connectivity index is 2.07. The van der Waals surface area contributed by atoms with Gasteiger partial charge in [-0.15, -0.1) is 0 Å². The molecule has 0 saturated carbocycles. The van der Waals surface area contributed by atoms with Crippen molar-refractivity contribution in [2.24, 2.45) is 0 Å². The number of carbonyl (C=O) groups is 2. The number of amides is 2. The molecule has 2 rings (SSSR count). The van der Waals surface area contributed by atoms with Crippen LogP contribution in [0.2, 0.25) is 0 Å². The van der Waals surface area contributed by atoms with Crippen LogP contribution in [0.1, 0.15) is 22.8 Å². The fraction of sp³-hybridized carbons (Fsp3) is 0.263. The first-order valence-corrected chi connectivity index (χ1v) is 7.99. The number of likely N-dealkylation sites (N-methyl/N-ethyl adjacent to an activating group) is 1. The molecule has 0 radical (unpaired) electrons. The van der Waals surface area contributed by atoms with Gasteiger partial charge in [0.25, 0.3) is 5.91 Å². The van der Waals surface area contributed by atoms with Crippen LogP contribution in [0.3, 0.4) is 0 Å². The molecule has 6 heteroatoms. The first-order chi connectivity index (χ1) is 12.1. The summed E-state index contributed by atoms with van der Waals surface area (Å²) in [6.07, 6.45) is 0.306. The van der Waals surface area contributed by atoms with Crippen LogP contribution in [-0.4, -0.2) is 32.6 Å². The monoisotopic (exact) mass is 342 g/mol. The molecule has 0 saturated heterocycles.